The number of rotatable bonds is 3. The summed E-state index contributed by atoms with van der Waals surface area (Å²) in [5.74, 6) is -0.301. The van der Waals surface area contributed by atoms with Crippen LogP contribution in [-0.4, -0.2) is 43.0 Å². The number of amides is 2. The first-order valence-electron chi connectivity index (χ1n) is 8.10. The second kappa shape index (κ2) is 7.97. The lowest BCUT2D eigenvalue weighted by Crippen LogP contribution is -2.41. The number of para-hydroxylation sites is 1. The van der Waals surface area contributed by atoms with Crippen molar-refractivity contribution < 1.29 is 14.3 Å². The van der Waals surface area contributed by atoms with Crippen LogP contribution >= 0.6 is 22.6 Å². The Morgan fingerprint density at radius 2 is 1.80 bits per heavy atom. The fourth-order valence-corrected chi connectivity index (χ4v) is 3.63. The Morgan fingerprint density at radius 3 is 2.52 bits per heavy atom. The number of carbonyl (C=O) groups excluding carboxylic acids is 2. The number of hydrogen-bond donors (Lipinski definition) is 1. The zero-order chi connectivity index (χ0) is 17.8. The number of halogens is 1. The van der Waals surface area contributed by atoms with Crippen LogP contribution in [0, 0.1) is 10.5 Å². The first-order valence-corrected chi connectivity index (χ1v) is 9.17. The van der Waals surface area contributed by atoms with Gasteiger partial charge in [-0.05, 0) is 53.8 Å². The number of aryl methyl sites for hydroxylation is 1. The van der Waals surface area contributed by atoms with Gasteiger partial charge in [-0.1, -0.05) is 23.8 Å². The first-order chi connectivity index (χ1) is 12.1. The van der Waals surface area contributed by atoms with Gasteiger partial charge in [-0.15, -0.1) is 0 Å². The summed E-state index contributed by atoms with van der Waals surface area (Å²) in [5, 5.41) is 2.88. The van der Waals surface area contributed by atoms with E-state index in [4.69, 9.17) is 4.74 Å². The highest BCUT2D eigenvalue weighted by molar-refractivity contribution is 14.1. The van der Waals surface area contributed by atoms with Crippen LogP contribution in [0.5, 0.6) is 0 Å². The van der Waals surface area contributed by atoms with E-state index >= 15 is 0 Å². The molecular weight excluding hydrogens is 431 g/mol. The molecule has 0 unspecified atom stereocenters. The topological polar surface area (TPSA) is 58.6 Å². The Kier molecular flexibility index (Phi) is 5.70. The number of hydrogen-bond acceptors (Lipinski definition) is 3. The van der Waals surface area contributed by atoms with Crippen LogP contribution in [0.25, 0.3) is 0 Å². The van der Waals surface area contributed by atoms with Crippen molar-refractivity contribution in [1.82, 2.24) is 4.90 Å². The maximum atomic E-state index is 12.8. The van der Waals surface area contributed by atoms with Crippen LogP contribution < -0.4 is 5.32 Å². The van der Waals surface area contributed by atoms with E-state index in [0.29, 0.717) is 43.1 Å². The zero-order valence-electron chi connectivity index (χ0n) is 13.9. The molecule has 2 aromatic carbocycles. The van der Waals surface area contributed by atoms with Gasteiger partial charge in [0.2, 0.25) is 0 Å². The number of nitrogens with one attached hydrogen (secondary N) is 1. The van der Waals surface area contributed by atoms with Crippen LogP contribution in [-0.2, 0) is 4.74 Å². The Bertz CT molecular complexity index is 801. The highest BCUT2D eigenvalue weighted by Crippen LogP contribution is 2.21. The number of carbonyl (C=O) groups is 2. The van der Waals surface area contributed by atoms with Crippen LogP contribution in [0.4, 0.5) is 5.69 Å². The smallest absolute Gasteiger partial charge is 0.256 e. The molecule has 5 nitrogen and oxygen atoms in total. The summed E-state index contributed by atoms with van der Waals surface area (Å²) in [6.45, 7) is 4.21. The molecule has 1 saturated heterocycles. The molecule has 25 heavy (non-hydrogen) atoms. The number of benzene rings is 2. The Labute approximate surface area is 160 Å². The molecule has 0 aliphatic carbocycles. The van der Waals surface area contributed by atoms with E-state index in [2.05, 4.69) is 27.9 Å². The van der Waals surface area contributed by atoms with Crippen molar-refractivity contribution in [3.05, 3.63) is 62.7 Å². The lowest BCUT2D eigenvalue weighted by Gasteiger charge is -2.27. The maximum Gasteiger partial charge on any atom is 0.256 e. The standard InChI is InChI=1S/C19H19IN2O3/c1-13-6-7-14(16(20)12-13)18(23)21-17-5-3-2-4-15(17)19(24)22-8-10-25-11-9-22/h2-7,12H,8-11H2,1H3,(H,21,23). The quantitative estimate of drug-likeness (QED) is 0.731. The molecule has 0 spiro atoms. The average molecular weight is 450 g/mol. The molecule has 2 aromatic rings. The fraction of sp³-hybridized carbons (Fsp3) is 0.263. The predicted molar refractivity (Wildman–Crippen MR) is 105 cm³/mol. The van der Waals surface area contributed by atoms with Crippen molar-refractivity contribution in [3.63, 3.8) is 0 Å². The molecule has 6 heteroatoms. The second-order valence-corrected chi connectivity index (χ2v) is 7.05. The summed E-state index contributed by atoms with van der Waals surface area (Å²) in [4.78, 5) is 27.2. The van der Waals surface area contributed by atoms with Crippen LogP contribution in [0.15, 0.2) is 42.5 Å². The molecule has 2 amide bonds. The summed E-state index contributed by atoms with van der Waals surface area (Å²) in [6.07, 6.45) is 0. The van der Waals surface area contributed by atoms with Crippen LogP contribution in [0.2, 0.25) is 0 Å². The third kappa shape index (κ3) is 4.19. The normalized spacial score (nSPS) is 14.2. The lowest BCUT2D eigenvalue weighted by molar-refractivity contribution is 0.0303. The molecule has 0 bridgehead atoms. The molecule has 0 saturated carbocycles. The molecule has 0 radical (unpaired) electrons. The van der Waals surface area contributed by atoms with Crippen molar-refractivity contribution in [1.29, 1.82) is 0 Å². The summed E-state index contributed by atoms with van der Waals surface area (Å²) < 4.78 is 6.18. The van der Waals surface area contributed by atoms with Gasteiger partial charge < -0.3 is 15.0 Å². The highest BCUT2D eigenvalue weighted by Gasteiger charge is 2.22. The van der Waals surface area contributed by atoms with Crippen molar-refractivity contribution in [3.8, 4) is 0 Å². The van der Waals surface area contributed by atoms with Crippen LogP contribution in [0.3, 0.4) is 0 Å². The Balaban J connectivity index is 1.83. The van der Waals surface area contributed by atoms with Crippen LogP contribution in [0.1, 0.15) is 26.3 Å². The summed E-state index contributed by atoms with van der Waals surface area (Å²) in [7, 11) is 0. The van der Waals surface area contributed by atoms with E-state index in [0.717, 1.165) is 9.13 Å². The molecule has 1 aliphatic heterocycles. The Hall–Kier alpha value is -1.93. The van der Waals surface area contributed by atoms with Gasteiger partial charge in [-0.25, -0.2) is 0 Å². The summed E-state index contributed by atoms with van der Waals surface area (Å²) in [5.41, 5.74) is 2.73. The maximum absolute atomic E-state index is 12.8. The minimum Gasteiger partial charge on any atom is -0.378 e. The van der Waals surface area contributed by atoms with Gasteiger partial charge in [-0.3, -0.25) is 9.59 Å². The summed E-state index contributed by atoms with van der Waals surface area (Å²) in [6, 6.07) is 12.8. The van der Waals surface area contributed by atoms with Gasteiger partial charge in [0.15, 0.2) is 0 Å². The third-order valence-corrected chi connectivity index (χ3v) is 4.97. The number of anilines is 1. The van der Waals surface area contributed by atoms with E-state index in [-0.39, 0.29) is 11.8 Å². The van der Waals surface area contributed by atoms with E-state index in [9.17, 15) is 9.59 Å². The van der Waals surface area contributed by atoms with Crippen molar-refractivity contribution >= 4 is 40.1 Å². The SMILES string of the molecule is Cc1ccc(C(=O)Nc2ccccc2C(=O)N2CCOCC2)c(I)c1. The van der Waals surface area contributed by atoms with E-state index < -0.39 is 0 Å². The molecule has 3 rings (SSSR count). The molecular formula is C19H19IN2O3. The minimum absolute atomic E-state index is 0.0854. The lowest BCUT2D eigenvalue weighted by atomic mass is 10.1. The Morgan fingerprint density at radius 1 is 1.08 bits per heavy atom. The number of ether oxygens (including phenoxy) is 1. The van der Waals surface area contributed by atoms with Gasteiger partial charge in [-0.2, -0.15) is 0 Å². The minimum atomic E-state index is -0.216. The van der Waals surface area contributed by atoms with Crippen molar-refractivity contribution in [2.75, 3.05) is 31.6 Å². The highest BCUT2D eigenvalue weighted by atomic mass is 127. The van der Waals surface area contributed by atoms with E-state index in [1.807, 2.05) is 25.1 Å². The van der Waals surface area contributed by atoms with E-state index in [1.165, 1.54) is 0 Å². The molecule has 0 atom stereocenters. The first kappa shape index (κ1) is 17.9. The van der Waals surface area contributed by atoms with Gasteiger partial charge in [0.05, 0.1) is 30.0 Å². The number of nitrogens with zero attached hydrogens (tertiary/aromatic N) is 1. The largest absolute Gasteiger partial charge is 0.378 e. The number of morpholine rings is 1. The van der Waals surface area contributed by atoms with Gasteiger partial charge >= 0.3 is 0 Å². The molecule has 1 fully saturated rings. The zero-order valence-corrected chi connectivity index (χ0v) is 16.1. The molecule has 1 aliphatic rings. The fourth-order valence-electron chi connectivity index (χ4n) is 2.71. The van der Waals surface area contributed by atoms with Crippen molar-refractivity contribution in [2.45, 2.75) is 6.92 Å². The summed E-state index contributed by atoms with van der Waals surface area (Å²) >= 11 is 2.15. The average Bonchev–Trinajstić information content (AvgIpc) is 2.62. The van der Waals surface area contributed by atoms with E-state index in [1.54, 1.807) is 29.2 Å². The molecule has 130 valence electrons. The van der Waals surface area contributed by atoms with Gasteiger partial charge in [0.1, 0.15) is 0 Å². The molecule has 0 aromatic heterocycles. The van der Waals surface area contributed by atoms with Gasteiger partial charge in [0, 0.05) is 16.7 Å². The predicted octanol–water partition coefficient (Wildman–Crippen LogP) is 3.32. The molecule has 1 heterocycles. The third-order valence-electron chi connectivity index (χ3n) is 4.07. The molecule has 1 N–H and O–H groups in total. The van der Waals surface area contributed by atoms with Gasteiger partial charge in [0.25, 0.3) is 11.8 Å². The van der Waals surface area contributed by atoms with Crippen molar-refractivity contribution in [2.24, 2.45) is 0 Å². The second-order valence-electron chi connectivity index (χ2n) is 5.89. The monoisotopic (exact) mass is 450 g/mol.